The fourth-order valence-corrected chi connectivity index (χ4v) is 3.61. The zero-order valence-corrected chi connectivity index (χ0v) is 15.6. The summed E-state index contributed by atoms with van der Waals surface area (Å²) in [5, 5.41) is 8.21. The van der Waals surface area contributed by atoms with Gasteiger partial charge in [0, 0.05) is 18.7 Å². The lowest BCUT2D eigenvalue weighted by atomic mass is 10.1. The van der Waals surface area contributed by atoms with Crippen LogP contribution in [-0.4, -0.2) is 34.1 Å². The van der Waals surface area contributed by atoms with Gasteiger partial charge in [-0.25, -0.2) is 0 Å². The summed E-state index contributed by atoms with van der Waals surface area (Å²) in [4.78, 5) is 14.8. The number of hydrogen-bond donors (Lipinski definition) is 0. The van der Waals surface area contributed by atoms with E-state index in [9.17, 15) is 4.79 Å². The lowest BCUT2D eigenvalue weighted by Crippen LogP contribution is -2.33. The van der Waals surface area contributed by atoms with E-state index in [1.54, 1.807) is 0 Å². The van der Waals surface area contributed by atoms with Crippen molar-refractivity contribution in [3.05, 3.63) is 66.2 Å². The van der Waals surface area contributed by atoms with Crippen molar-refractivity contribution < 1.29 is 9.21 Å². The molecule has 0 aliphatic carbocycles. The first-order valence-corrected chi connectivity index (χ1v) is 9.50. The molecule has 0 spiro atoms. The van der Waals surface area contributed by atoms with Crippen molar-refractivity contribution in [1.29, 1.82) is 0 Å². The standard InChI is InChI=1S/C20H21N3O2S/c1-3-23(4-2)19(24)17(15-11-7-5-8-12-15)26-20-22-21-18(25-20)16-13-9-6-10-14-16/h5-14,17H,3-4H2,1-2H3. The largest absolute Gasteiger partial charge is 0.411 e. The number of likely N-dealkylation sites (N-methyl/N-ethyl adjacent to an activating group) is 1. The lowest BCUT2D eigenvalue weighted by molar-refractivity contribution is -0.130. The van der Waals surface area contributed by atoms with E-state index in [1.165, 1.54) is 11.8 Å². The number of thioether (sulfide) groups is 1. The van der Waals surface area contributed by atoms with Crippen LogP contribution in [0.4, 0.5) is 0 Å². The van der Waals surface area contributed by atoms with E-state index in [1.807, 2.05) is 79.4 Å². The minimum Gasteiger partial charge on any atom is -0.411 e. The van der Waals surface area contributed by atoms with E-state index in [0.717, 1.165) is 11.1 Å². The molecule has 134 valence electrons. The Labute approximate surface area is 157 Å². The first-order valence-electron chi connectivity index (χ1n) is 8.62. The number of carbonyl (C=O) groups is 1. The molecule has 1 heterocycles. The molecule has 0 N–H and O–H groups in total. The molecule has 2 aromatic carbocycles. The number of rotatable bonds is 7. The van der Waals surface area contributed by atoms with Crippen molar-refractivity contribution >= 4 is 17.7 Å². The van der Waals surface area contributed by atoms with Crippen LogP contribution < -0.4 is 0 Å². The Bertz CT molecular complexity index is 833. The second kappa shape index (κ2) is 8.67. The van der Waals surface area contributed by atoms with Gasteiger partial charge in [0.15, 0.2) is 0 Å². The van der Waals surface area contributed by atoms with Crippen molar-refractivity contribution in [2.45, 2.75) is 24.3 Å². The maximum atomic E-state index is 13.0. The Kier molecular flexibility index (Phi) is 6.07. The van der Waals surface area contributed by atoms with E-state index < -0.39 is 5.25 Å². The number of aromatic nitrogens is 2. The molecule has 0 saturated heterocycles. The van der Waals surface area contributed by atoms with E-state index in [4.69, 9.17) is 4.42 Å². The predicted molar refractivity (Wildman–Crippen MR) is 103 cm³/mol. The molecule has 1 unspecified atom stereocenters. The molecule has 1 atom stereocenters. The second-order valence-corrected chi connectivity index (χ2v) is 6.71. The van der Waals surface area contributed by atoms with Crippen LogP contribution in [0.25, 0.3) is 11.5 Å². The third-order valence-corrected chi connectivity index (χ3v) is 5.12. The average molecular weight is 367 g/mol. The van der Waals surface area contributed by atoms with E-state index in [2.05, 4.69) is 10.2 Å². The summed E-state index contributed by atoms with van der Waals surface area (Å²) in [5.74, 6) is 0.501. The highest BCUT2D eigenvalue weighted by atomic mass is 32.2. The van der Waals surface area contributed by atoms with Gasteiger partial charge in [-0.05, 0) is 43.3 Å². The van der Waals surface area contributed by atoms with Crippen LogP contribution >= 0.6 is 11.8 Å². The molecule has 3 rings (SSSR count). The summed E-state index contributed by atoms with van der Waals surface area (Å²) in [6, 6.07) is 19.3. The molecule has 3 aromatic rings. The first kappa shape index (κ1) is 18.2. The van der Waals surface area contributed by atoms with Crippen LogP contribution in [0.5, 0.6) is 0 Å². The van der Waals surface area contributed by atoms with Gasteiger partial charge in [-0.15, -0.1) is 10.2 Å². The molecule has 0 radical (unpaired) electrons. The fourth-order valence-electron chi connectivity index (χ4n) is 2.65. The highest BCUT2D eigenvalue weighted by Gasteiger charge is 2.28. The van der Waals surface area contributed by atoms with Crippen molar-refractivity contribution in [2.24, 2.45) is 0 Å². The van der Waals surface area contributed by atoms with Gasteiger partial charge in [-0.2, -0.15) is 0 Å². The van der Waals surface area contributed by atoms with Gasteiger partial charge in [0.25, 0.3) is 5.22 Å². The van der Waals surface area contributed by atoms with Crippen LogP contribution in [-0.2, 0) is 4.79 Å². The molecule has 26 heavy (non-hydrogen) atoms. The third-order valence-electron chi connectivity index (χ3n) is 4.05. The summed E-state index contributed by atoms with van der Waals surface area (Å²) in [5.41, 5.74) is 1.78. The Balaban J connectivity index is 1.87. The first-order chi connectivity index (χ1) is 12.7. The minimum absolute atomic E-state index is 0.0469. The predicted octanol–water partition coefficient (Wildman–Crippen LogP) is 4.44. The molecule has 1 amide bonds. The van der Waals surface area contributed by atoms with Gasteiger partial charge >= 0.3 is 0 Å². The molecule has 0 aliphatic heterocycles. The van der Waals surface area contributed by atoms with Crippen LogP contribution in [0.1, 0.15) is 24.7 Å². The quantitative estimate of drug-likeness (QED) is 0.578. The van der Waals surface area contributed by atoms with Gasteiger partial charge in [-0.1, -0.05) is 48.5 Å². The minimum atomic E-state index is -0.417. The summed E-state index contributed by atoms with van der Waals surface area (Å²) in [6.45, 7) is 5.29. The van der Waals surface area contributed by atoms with Crippen LogP contribution in [0.2, 0.25) is 0 Å². The summed E-state index contributed by atoms with van der Waals surface area (Å²) >= 11 is 1.29. The molecule has 1 aromatic heterocycles. The number of nitrogens with zero attached hydrogens (tertiary/aromatic N) is 3. The van der Waals surface area contributed by atoms with Gasteiger partial charge < -0.3 is 9.32 Å². The fraction of sp³-hybridized carbons (Fsp3) is 0.250. The van der Waals surface area contributed by atoms with Crippen molar-refractivity contribution in [3.63, 3.8) is 0 Å². The van der Waals surface area contributed by atoms with Gasteiger partial charge in [0.2, 0.25) is 11.8 Å². The molecule has 0 aliphatic rings. The van der Waals surface area contributed by atoms with Crippen LogP contribution in [0.3, 0.4) is 0 Å². The summed E-state index contributed by atoms with van der Waals surface area (Å²) < 4.78 is 5.79. The second-order valence-electron chi connectivity index (χ2n) is 5.66. The van der Waals surface area contributed by atoms with Crippen LogP contribution in [0, 0.1) is 0 Å². The lowest BCUT2D eigenvalue weighted by Gasteiger charge is -2.24. The van der Waals surface area contributed by atoms with Crippen molar-refractivity contribution in [1.82, 2.24) is 15.1 Å². The zero-order chi connectivity index (χ0) is 18.4. The van der Waals surface area contributed by atoms with Gasteiger partial charge in [-0.3, -0.25) is 4.79 Å². The topological polar surface area (TPSA) is 59.2 Å². The summed E-state index contributed by atoms with van der Waals surface area (Å²) in [6.07, 6.45) is 0. The zero-order valence-electron chi connectivity index (χ0n) is 14.8. The molecule has 0 saturated carbocycles. The molecule has 0 bridgehead atoms. The number of hydrogen-bond acceptors (Lipinski definition) is 5. The molecule has 5 nitrogen and oxygen atoms in total. The number of amides is 1. The Morgan fingerprint density at radius 2 is 1.62 bits per heavy atom. The number of carbonyl (C=O) groups excluding carboxylic acids is 1. The summed E-state index contributed by atoms with van der Waals surface area (Å²) in [7, 11) is 0. The van der Waals surface area contributed by atoms with Crippen LogP contribution in [0.15, 0.2) is 70.3 Å². The SMILES string of the molecule is CCN(CC)C(=O)C(Sc1nnc(-c2ccccc2)o1)c1ccccc1. The molecule has 0 fully saturated rings. The normalized spacial score (nSPS) is 11.9. The van der Waals surface area contributed by atoms with E-state index in [0.29, 0.717) is 24.2 Å². The maximum absolute atomic E-state index is 13.0. The molecular formula is C20H21N3O2S. The van der Waals surface area contributed by atoms with Gasteiger partial charge in [0.05, 0.1) is 0 Å². The third kappa shape index (κ3) is 4.14. The highest BCUT2D eigenvalue weighted by molar-refractivity contribution is 8.00. The average Bonchev–Trinajstić information content (AvgIpc) is 3.17. The van der Waals surface area contributed by atoms with E-state index in [-0.39, 0.29) is 5.91 Å². The van der Waals surface area contributed by atoms with E-state index >= 15 is 0 Å². The molecular weight excluding hydrogens is 346 g/mol. The smallest absolute Gasteiger partial charge is 0.277 e. The Morgan fingerprint density at radius 3 is 2.23 bits per heavy atom. The van der Waals surface area contributed by atoms with Crippen molar-refractivity contribution in [2.75, 3.05) is 13.1 Å². The van der Waals surface area contributed by atoms with Crippen molar-refractivity contribution in [3.8, 4) is 11.5 Å². The highest BCUT2D eigenvalue weighted by Crippen LogP contribution is 2.37. The van der Waals surface area contributed by atoms with Gasteiger partial charge in [0.1, 0.15) is 5.25 Å². The Hall–Kier alpha value is -2.60. The Morgan fingerprint density at radius 1 is 1.00 bits per heavy atom. The molecule has 6 heteroatoms. The maximum Gasteiger partial charge on any atom is 0.277 e. The monoisotopic (exact) mass is 367 g/mol. The number of benzene rings is 2.